The number of fused-ring (bicyclic) bond motifs is 1. The van der Waals surface area contributed by atoms with E-state index in [1.807, 2.05) is 36.4 Å². The van der Waals surface area contributed by atoms with Gasteiger partial charge in [0, 0.05) is 45.5 Å². The normalized spacial score (nSPS) is 14.7. The van der Waals surface area contributed by atoms with Crippen LogP contribution in [0.5, 0.6) is 5.75 Å². The molecule has 5 aromatic rings. The number of benzene rings is 3. The van der Waals surface area contributed by atoms with Crippen LogP contribution >= 0.6 is 11.6 Å². The van der Waals surface area contributed by atoms with Crippen molar-refractivity contribution in [3.8, 4) is 17.1 Å². The Bertz CT molecular complexity index is 1760. The fourth-order valence-electron chi connectivity index (χ4n) is 4.98. The molecule has 1 aliphatic rings. The highest BCUT2D eigenvalue weighted by atomic mass is 35.5. The molecular weight excluding hydrogens is 575 g/mol. The monoisotopic (exact) mass is 604 g/mol. The minimum Gasteiger partial charge on any atom is -0.487 e. The lowest BCUT2D eigenvalue weighted by Gasteiger charge is -2.25. The van der Waals surface area contributed by atoms with Crippen molar-refractivity contribution in [2.75, 3.05) is 24.4 Å². The minimum atomic E-state index is -0.954. The van der Waals surface area contributed by atoms with Crippen LogP contribution in [0.25, 0.3) is 22.2 Å². The third-order valence-electron chi connectivity index (χ3n) is 7.36. The molecule has 2 atom stereocenters. The number of aromatic nitrogens is 2. The topological polar surface area (TPSA) is 80.5 Å². The van der Waals surface area contributed by atoms with E-state index < -0.39 is 10.8 Å². The summed E-state index contributed by atoms with van der Waals surface area (Å²) in [6, 6.07) is 22.0. The van der Waals surface area contributed by atoms with Crippen molar-refractivity contribution < 1.29 is 17.8 Å². The zero-order valence-corrected chi connectivity index (χ0v) is 24.8. The van der Waals surface area contributed by atoms with Crippen LogP contribution in [0.15, 0.2) is 83.5 Å². The number of hydrogen-bond donors (Lipinski definition) is 1. The fourth-order valence-corrected chi connectivity index (χ4v) is 6.05. The Balaban J connectivity index is 1.22. The summed E-state index contributed by atoms with van der Waals surface area (Å²) < 4.78 is 37.7. The summed E-state index contributed by atoms with van der Waals surface area (Å²) >= 11 is 6.51. The maximum Gasteiger partial charge on any atom is 0.141 e. The number of ether oxygens (including phenoxy) is 1. The molecule has 216 valence electrons. The van der Waals surface area contributed by atoms with Crippen LogP contribution in [0.4, 0.5) is 15.9 Å². The molecule has 1 unspecified atom stereocenters. The summed E-state index contributed by atoms with van der Waals surface area (Å²) in [5.41, 5.74) is 3.10. The van der Waals surface area contributed by atoms with Crippen LogP contribution < -0.4 is 10.1 Å². The van der Waals surface area contributed by atoms with E-state index in [9.17, 15) is 8.60 Å². The highest BCUT2D eigenvalue weighted by molar-refractivity contribution is 7.84. The highest BCUT2D eigenvalue weighted by Gasteiger charge is 2.34. The van der Waals surface area contributed by atoms with Crippen molar-refractivity contribution in [1.82, 2.24) is 14.9 Å². The van der Waals surface area contributed by atoms with Crippen molar-refractivity contribution in [1.29, 1.82) is 0 Å². The molecule has 1 saturated carbocycles. The van der Waals surface area contributed by atoms with Gasteiger partial charge in [0.05, 0.1) is 16.6 Å². The third-order valence-corrected chi connectivity index (χ3v) is 8.44. The minimum absolute atomic E-state index is 0.0383. The summed E-state index contributed by atoms with van der Waals surface area (Å²) in [5, 5.41) is 4.57. The molecule has 0 radical (unpaired) electrons. The Morgan fingerprint density at radius 1 is 1.12 bits per heavy atom. The van der Waals surface area contributed by atoms with Gasteiger partial charge in [-0.3, -0.25) is 9.11 Å². The molecular formula is C32H30ClFN4O3S. The average molecular weight is 605 g/mol. The third kappa shape index (κ3) is 6.48. The summed E-state index contributed by atoms with van der Waals surface area (Å²) in [6.07, 6.45) is 5.56. The van der Waals surface area contributed by atoms with Gasteiger partial charge in [-0.2, -0.15) is 0 Å². The van der Waals surface area contributed by atoms with Crippen LogP contribution in [0, 0.1) is 5.82 Å². The Morgan fingerprint density at radius 3 is 2.74 bits per heavy atom. The van der Waals surface area contributed by atoms with Crippen LogP contribution in [-0.2, 0) is 17.4 Å². The van der Waals surface area contributed by atoms with Crippen LogP contribution in [0.3, 0.4) is 0 Å². The molecule has 0 bridgehead atoms. The van der Waals surface area contributed by atoms with E-state index >= 15 is 0 Å². The first-order valence-corrected chi connectivity index (χ1v) is 15.8. The number of hydrogen-bond acceptors (Lipinski definition) is 7. The molecule has 2 heterocycles. The SMILES string of the molecule is CN(C1CC1)[C@@H](CS(C)=O)c1ccc(-c2ccc3ncnc(Nc4ccc(OCc5cccc(F)c5)c(Cl)c4)c3c2)o1. The van der Waals surface area contributed by atoms with Gasteiger partial charge in [-0.15, -0.1) is 0 Å². The van der Waals surface area contributed by atoms with E-state index in [0.29, 0.717) is 33.9 Å². The van der Waals surface area contributed by atoms with Gasteiger partial charge in [0.25, 0.3) is 0 Å². The smallest absolute Gasteiger partial charge is 0.141 e. The lowest BCUT2D eigenvalue weighted by atomic mass is 10.1. The van der Waals surface area contributed by atoms with E-state index in [0.717, 1.165) is 46.5 Å². The van der Waals surface area contributed by atoms with E-state index in [1.54, 1.807) is 30.5 Å². The van der Waals surface area contributed by atoms with Gasteiger partial charge in [0.15, 0.2) is 0 Å². The molecule has 0 aliphatic heterocycles. The van der Waals surface area contributed by atoms with Crippen LogP contribution in [0.1, 0.15) is 30.2 Å². The summed E-state index contributed by atoms with van der Waals surface area (Å²) in [5.74, 6) is 2.86. The van der Waals surface area contributed by atoms with Crippen molar-refractivity contribution in [3.05, 3.63) is 101 Å². The quantitative estimate of drug-likeness (QED) is 0.167. The molecule has 42 heavy (non-hydrogen) atoms. The Hall–Kier alpha value is -3.79. The van der Waals surface area contributed by atoms with Gasteiger partial charge < -0.3 is 14.5 Å². The standard InChI is InChI=1S/C32H30ClFN4O3S/c1-38(24-8-9-24)28(18-42(2)39)31-13-12-29(41-31)21-6-10-27-25(15-21)32(36-19-35-27)37-23-7-11-30(26(33)16-23)40-17-20-4-3-5-22(34)14-20/h3-7,10-16,19,24,28H,8-9,17-18H2,1-2H3,(H,35,36,37)/t28-,42?/m0/s1. The van der Waals surface area contributed by atoms with Crippen molar-refractivity contribution in [3.63, 3.8) is 0 Å². The lowest BCUT2D eigenvalue weighted by molar-refractivity contribution is 0.226. The molecule has 2 aromatic heterocycles. The maximum atomic E-state index is 13.5. The first-order valence-electron chi connectivity index (χ1n) is 13.6. The van der Waals surface area contributed by atoms with Gasteiger partial charge in [0.1, 0.15) is 41.8 Å². The Kier molecular flexibility index (Phi) is 8.24. The van der Waals surface area contributed by atoms with Gasteiger partial charge in [-0.25, -0.2) is 14.4 Å². The molecule has 6 rings (SSSR count). The number of furan rings is 1. The zero-order valence-electron chi connectivity index (χ0n) is 23.2. The molecule has 10 heteroatoms. The van der Waals surface area contributed by atoms with E-state index in [-0.39, 0.29) is 18.5 Å². The number of rotatable bonds is 11. The lowest BCUT2D eigenvalue weighted by Crippen LogP contribution is -2.30. The molecule has 1 fully saturated rings. The van der Waals surface area contributed by atoms with Gasteiger partial charge in [-0.1, -0.05) is 23.7 Å². The van der Waals surface area contributed by atoms with Gasteiger partial charge in [-0.05, 0) is 86.1 Å². The van der Waals surface area contributed by atoms with Gasteiger partial charge in [0.2, 0.25) is 0 Å². The molecule has 1 aliphatic carbocycles. The first-order chi connectivity index (χ1) is 20.3. The molecule has 1 N–H and O–H groups in total. The predicted molar refractivity (Wildman–Crippen MR) is 165 cm³/mol. The van der Waals surface area contributed by atoms with Gasteiger partial charge >= 0.3 is 0 Å². The summed E-state index contributed by atoms with van der Waals surface area (Å²) in [4.78, 5) is 11.2. The number of halogens is 2. The molecule has 0 saturated heterocycles. The second-order valence-electron chi connectivity index (χ2n) is 10.5. The van der Waals surface area contributed by atoms with Crippen LogP contribution in [0.2, 0.25) is 5.02 Å². The second-order valence-corrected chi connectivity index (χ2v) is 12.4. The Labute approximate surface area is 251 Å². The number of nitrogens with one attached hydrogen (secondary N) is 1. The molecule has 0 amide bonds. The average Bonchev–Trinajstić information content (AvgIpc) is 3.71. The van der Waals surface area contributed by atoms with E-state index in [2.05, 4.69) is 27.2 Å². The molecule has 7 nitrogen and oxygen atoms in total. The summed E-state index contributed by atoms with van der Waals surface area (Å²) in [7, 11) is 1.13. The number of anilines is 2. The van der Waals surface area contributed by atoms with Crippen molar-refractivity contribution in [2.45, 2.75) is 31.5 Å². The van der Waals surface area contributed by atoms with Crippen LogP contribution in [-0.4, -0.2) is 44.2 Å². The van der Waals surface area contributed by atoms with Crippen molar-refractivity contribution in [2.24, 2.45) is 0 Å². The maximum absolute atomic E-state index is 13.5. The molecule has 0 spiro atoms. The zero-order chi connectivity index (χ0) is 29.2. The first kappa shape index (κ1) is 28.3. The highest BCUT2D eigenvalue weighted by Crippen LogP contribution is 2.37. The largest absolute Gasteiger partial charge is 0.487 e. The van der Waals surface area contributed by atoms with E-state index in [4.69, 9.17) is 20.8 Å². The number of nitrogens with zero attached hydrogens (tertiary/aromatic N) is 3. The second kappa shape index (κ2) is 12.2. The molecule has 3 aromatic carbocycles. The summed E-state index contributed by atoms with van der Waals surface area (Å²) in [6.45, 7) is 0.200. The predicted octanol–water partition coefficient (Wildman–Crippen LogP) is 7.52. The fraction of sp³-hybridized carbons (Fsp3) is 0.250. The van der Waals surface area contributed by atoms with E-state index in [1.165, 1.54) is 18.5 Å². The van der Waals surface area contributed by atoms with Crippen molar-refractivity contribution >= 4 is 44.8 Å². The Morgan fingerprint density at radius 2 is 1.98 bits per heavy atom.